The molecule has 0 unspecified atom stereocenters. The number of carbonyl (C=O) groups excluding carboxylic acids is 1. The summed E-state index contributed by atoms with van der Waals surface area (Å²) in [4.78, 5) is 21.3. The van der Waals surface area contributed by atoms with Gasteiger partial charge in [-0.05, 0) is 37.6 Å². The van der Waals surface area contributed by atoms with Gasteiger partial charge in [-0.2, -0.15) is 4.98 Å². The highest BCUT2D eigenvalue weighted by Crippen LogP contribution is 2.24. The molecule has 0 aliphatic rings. The number of benzene rings is 2. The third-order valence-electron chi connectivity index (χ3n) is 4.63. The van der Waals surface area contributed by atoms with Crippen LogP contribution in [0, 0.1) is 13.8 Å². The van der Waals surface area contributed by atoms with E-state index in [-0.39, 0.29) is 12.3 Å². The van der Waals surface area contributed by atoms with Crippen LogP contribution in [0.1, 0.15) is 22.8 Å². The second kappa shape index (κ2) is 8.73. The van der Waals surface area contributed by atoms with Crippen molar-refractivity contribution in [2.75, 3.05) is 11.9 Å². The molecule has 7 nitrogen and oxygen atoms in total. The van der Waals surface area contributed by atoms with E-state index in [1.807, 2.05) is 62.4 Å². The SMILES string of the molecule is Cc1cc(C)n2nc(CC(=O)Nc3ccccc3OCCc3ccccc3)nc2n1. The largest absolute Gasteiger partial charge is 0.491 e. The van der Waals surface area contributed by atoms with E-state index >= 15 is 0 Å². The van der Waals surface area contributed by atoms with Crippen molar-refractivity contribution >= 4 is 17.4 Å². The van der Waals surface area contributed by atoms with Gasteiger partial charge in [0.15, 0.2) is 5.82 Å². The van der Waals surface area contributed by atoms with Crippen molar-refractivity contribution in [2.45, 2.75) is 26.7 Å². The van der Waals surface area contributed by atoms with Crippen LogP contribution in [-0.2, 0) is 17.6 Å². The van der Waals surface area contributed by atoms with Gasteiger partial charge in [0.2, 0.25) is 5.91 Å². The zero-order valence-electron chi connectivity index (χ0n) is 17.0. The molecule has 1 amide bonds. The van der Waals surface area contributed by atoms with Crippen LogP contribution in [0.5, 0.6) is 5.75 Å². The van der Waals surface area contributed by atoms with Crippen molar-refractivity contribution in [1.29, 1.82) is 0 Å². The summed E-state index contributed by atoms with van der Waals surface area (Å²) in [6.45, 7) is 4.36. The van der Waals surface area contributed by atoms with E-state index in [9.17, 15) is 4.79 Å². The minimum absolute atomic E-state index is 0.0558. The lowest BCUT2D eigenvalue weighted by molar-refractivity contribution is -0.115. The third kappa shape index (κ3) is 4.63. The number of hydrogen-bond acceptors (Lipinski definition) is 5. The lowest BCUT2D eigenvalue weighted by Gasteiger charge is -2.12. The second-order valence-corrected chi connectivity index (χ2v) is 7.08. The summed E-state index contributed by atoms with van der Waals surface area (Å²) < 4.78 is 7.56. The van der Waals surface area contributed by atoms with Crippen LogP contribution in [0.2, 0.25) is 0 Å². The number of carbonyl (C=O) groups is 1. The zero-order valence-corrected chi connectivity index (χ0v) is 17.0. The molecular formula is C23H23N5O2. The Morgan fingerprint density at radius 2 is 1.80 bits per heavy atom. The Labute approximate surface area is 174 Å². The van der Waals surface area contributed by atoms with Crippen molar-refractivity contribution in [3.05, 3.63) is 83.4 Å². The Bertz CT molecular complexity index is 1170. The van der Waals surface area contributed by atoms with Gasteiger partial charge in [0.1, 0.15) is 5.75 Å². The van der Waals surface area contributed by atoms with Crippen molar-refractivity contribution in [3.63, 3.8) is 0 Å². The first-order chi connectivity index (χ1) is 14.6. The predicted octanol–water partition coefficient (Wildman–Crippen LogP) is 3.54. The quantitative estimate of drug-likeness (QED) is 0.512. The van der Waals surface area contributed by atoms with Gasteiger partial charge >= 0.3 is 0 Å². The normalized spacial score (nSPS) is 10.9. The molecular weight excluding hydrogens is 378 g/mol. The number of nitrogens with zero attached hydrogens (tertiary/aromatic N) is 4. The van der Waals surface area contributed by atoms with E-state index < -0.39 is 0 Å². The molecule has 0 fully saturated rings. The van der Waals surface area contributed by atoms with Gasteiger partial charge in [-0.1, -0.05) is 42.5 Å². The van der Waals surface area contributed by atoms with E-state index in [4.69, 9.17) is 4.74 Å². The molecule has 2 aromatic heterocycles. The van der Waals surface area contributed by atoms with E-state index in [1.54, 1.807) is 4.52 Å². The highest BCUT2D eigenvalue weighted by atomic mass is 16.5. The van der Waals surface area contributed by atoms with Crippen LogP contribution in [-0.4, -0.2) is 32.1 Å². The number of anilines is 1. The molecule has 7 heteroatoms. The second-order valence-electron chi connectivity index (χ2n) is 7.08. The maximum Gasteiger partial charge on any atom is 0.252 e. The number of nitrogens with one attached hydrogen (secondary N) is 1. The number of fused-ring (bicyclic) bond motifs is 1. The van der Waals surface area contributed by atoms with Crippen LogP contribution in [0.3, 0.4) is 0 Å². The highest BCUT2D eigenvalue weighted by molar-refractivity contribution is 5.93. The van der Waals surface area contributed by atoms with Crippen LogP contribution in [0.15, 0.2) is 60.7 Å². The van der Waals surface area contributed by atoms with Crippen LogP contribution in [0.4, 0.5) is 5.69 Å². The van der Waals surface area contributed by atoms with E-state index in [0.29, 0.717) is 29.6 Å². The van der Waals surface area contributed by atoms with Gasteiger partial charge in [-0.3, -0.25) is 4.79 Å². The van der Waals surface area contributed by atoms with E-state index in [2.05, 4.69) is 32.5 Å². The average molecular weight is 401 g/mol. The minimum Gasteiger partial charge on any atom is -0.491 e. The summed E-state index contributed by atoms with van der Waals surface area (Å²) in [6.07, 6.45) is 0.847. The molecule has 0 spiro atoms. The molecule has 4 aromatic rings. The monoisotopic (exact) mass is 401 g/mol. The number of aromatic nitrogens is 4. The fourth-order valence-electron chi connectivity index (χ4n) is 3.24. The Morgan fingerprint density at radius 3 is 2.63 bits per heavy atom. The first-order valence-corrected chi connectivity index (χ1v) is 9.84. The van der Waals surface area contributed by atoms with Gasteiger partial charge in [0, 0.05) is 17.8 Å². The third-order valence-corrected chi connectivity index (χ3v) is 4.63. The lowest BCUT2D eigenvalue weighted by atomic mass is 10.2. The standard InChI is InChI=1S/C23H23N5O2/c1-16-14-17(2)28-23(24-16)26-21(27-28)15-22(29)25-19-10-6-7-11-20(19)30-13-12-18-8-4-3-5-9-18/h3-11,14H,12-13,15H2,1-2H3,(H,25,29). The highest BCUT2D eigenvalue weighted by Gasteiger charge is 2.13. The summed E-state index contributed by atoms with van der Waals surface area (Å²) >= 11 is 0. The molecule has 2 heterocycles. The summed E-state index contributed by atoms with van der Waals surface area (Å²) in [5.74, 6) is 1.35. The summed E-state index contributed by atoms with van der Waals surface area (Å²) in [5.41, 5.74) is 3.62. The molecule has 0 aliphatic carbocycles. The molecule has 152 valence electrons. The first-order valence-electron chi connectivity index (χ1n) is 9.84. The van der Waals surface area contributed by atoms with Crippen molar-refractivity contribution in [1.82, 2.24) is 19.6 Å². The molecule has 0 saturated carbocycles. The first kappa shape index (κ1) is 19.6. The molecule has 4 rings (SSSR count). The Kier molecular flexibility index (Phi) is 5.70. The maximum atomic E-state index is 12.6. The van der Waals surface area contributed by atoms with Crippen molar-refractivity contribution in [3.8, 4) is 5.75 Å². The van der Waals surface area contributed by atoms with Gasteiger partial charge in [0.05, 0.1) is 18.7 Å². The average Bonchev–Trinajstić information content (AvgIpc) is 3.12. The topological polar surface area (TPSA) is 81.4 Å². The smallest absolute Gasteiger partial charge is 0.252 e. The number of amides is 1. The molecule has 0 saturated heterocycles. The van der Waals surface area contributed by atoms with Crippen LogP contribution < -0.4 is 10.1 Å². The van der Waals surface area contributed by atoms with Crippen molar-refractivity contribution in [2.24, 2.45) is 0 Å². The van der Waals surface area contributed by atoms with Crippen molar-refractivity contribution < 1.29 is 9.53 Å². The van der Waals surface area contributed by atoms with Crippen LogP contribution in [0.25, 0.3) is 5.78 Å². The fourth-order valence-corrected chi connectivity index (χ4v) is 3.24. The summed E-state index contributed by atoms with van der Waals surface area (Å²) in [6, 6.07) is 19.5. The summed E-state index contributed by atoms with van der Waals surface area (Å²) in [5, 5.41) is 7.30. The van der Waals surface area contributed by atoms with E-state index in [1.165, 1.54) is 5.56 Å². The number of hydrogen-bond donors (Lipinski definition) is 1. The zero-order chi connectivity index (χ0) is 20.9. The maximum absolute atomic E-state index is 12.6. The molecule has 0 atom stereocenters. The predicted molar refractivity (Wildman–Crippen MR) is 115 cm³/mol. The molecule has 0 aliphatic heterocycles. The Balaban J connectivity index is 1.40. The van der Waals surface area contributed by atoms with Crippen LogP contribution >= 0.6 is 0 Å². The Hall–Kier alpha value is -3.74. The number of ether oxygens (including phenoxy) is 1. The number of aryl methyl sites for hydroxylation is 2. The number of para-hydroxylation sites is 2. The molecule has 1 N–H and O–H groups in total. The van der Waals surface area contributed by atoms with Gasteiger partial charge in [0.25, 0.3) is 5.78 Å². The number of rotatable bonds is 7. The molecule has 30 heavy (non-hydrogen) atoms. The van der Waals surface area contributed by atoms with Gasteiger partial charge < -0.3 is 10.1 Å². The fraction of sp³-hybridized carbons (Fsp3) is 0.217. The molecule has 0 radical (unpaired) electrons. The summed E-state index contributed by atoms with van der Waals surface area (Å²) in [7, 11) is 0. The molecule has 2 aromatic carbocycles. The Morgan fingerprint density at radius 1 is 1.03 bits per heavy atom. The molecule has 0 bridgehead atoms. The lowest BCUT2D eigenvalue weighted by Crippen LogP contribution is -2.16. The van der Waals surface area contributed by atoms with E-state index in [0.717, 1.165) is 17.8 Å². The minimum atomic E-state index is -0.209. The van der Waals surface area contributed by atoms with Gasteiger partial charge in [-0.25, -0.2) is 9.50 Å². The van der Waals surface area contributed by atoms with Gasteiger partial charge in [-0.15, -0.1) is 5.10 Å².